The van der Waals surface area contributed by atoms with Crippen LogP contribution >= 0.6 is 0 Å². The molecule has 0 aromatic carbocycles. The normalized spacial score (nSPS) is 11.8. The number of aromatic nitrogens is 5. The van der Waals surface area contributed by atoms with Gasteiger partial charge in [-0.2, -0.15) is 10.2 Å². The van der Waals surface area contributed by atoms with Crippen molar-refractivity contribution in [2.45, 2.75) is 39.3 Å². The minimum absolute atomic E-state index is 0.473. The summed E-state index contributed by atoms with van der Waals surface area (Å²) in [6, 6.07) is 7.15. The Kier molecular flexibility index (Phi) is 5.15. The van der Waals surface area contributed by atoms with E-state index in [9.17, 15) is 0 Å². The van der Waals surface area contributed by atoms with E-state index in [1.165, 1.54) is 0 Å². The van der Waals surface area contributed by atoms with Crippen LogP contribution in [0.2, 0.25) is 25.7 Å². The van der Waals surface area contributed by atoms with Crippen molar-refractivity contribution >= 4 is 8.07 Å². The Morgan fingerprint density at radius 2 is 1.92 bits per heavy atom. The van der Waals surface area contributed by atoms with Crippen molar-refractivity contribution in [2.75, 3.05) is 6.61 Å². The molecule has 25 heavy (non-hydrogen) atoms. The number of rotatable bonds is 7. The van der Waals surface area contributed by atoms with E-state index in [0.717, 1.165) is 35.3 Å². The molecule has 0 spiro atoms. The zero-order valence-electron chi connectivity index (χ0n) is 15.3. The van der Waals surface area contributed by atoms with Crippen LogP contribution in [0.1, 0.15) is 5.69 Å². The van der Waals surface area contributed by atoms with Crippen LogP contribution in [-0.2, 0) is 11.5 Å². The smallest absolute Gasteiger partial charge is 0.175 e. The van der Waals surface area contributed by atoms with Crippen LogP contribution in [0.4, 0.5) is 0 Å². The number of hydrogen-bond donors (Lipinski definition) is 0. The predicted molar refractivity (Wildman–Crippen MR) is 101 cm³/mol. The standard InChI is InChI=1S/C18H25N5OSi/c1-15-5-6-16(11-19-15)17-12-20-23(13-17)18-7-8-22(21-18)14-24-9-10-25(2,3)4/h5-8,11-13H,9-10,14H2,1-4H3. The van der Waals surface area contributed by atoms with Gasteiger partial charge in [0.25, 0.3) is 0 Å². The van der Waals surface area contributed by atoms with Crippen molar-refractivity contribution in [3.63, 3.8) is 0 Å². The predicted octanol–water partition coefficient (Wildman–Crippen LogP) is 3.75. The topological polar surface area (TPSA) is 57.8 Å². The quantitative estimate of drug-likeness (QED) is 0.478. The second-order valence-corrected chi connectivity index (χ2v) is 13.0. The molecule has 0 aliphatic carbocycles. The molecule has 3 rings (SSSR count). The van der Waals surface area contributed by atoms with E-state index in [0.29, 0.717) is 6.73 Å². The lowest BCUT2D eigenvalue weighted by molar-refractivity contribution is 0.0785. The summed E-state index contributed by atoms with van der Waals surface area (Å²) in [5.74, 6) is 0.778. The molecular formula is C18H25N5OSi. The lowest BCUT2D eigenvalue weighted by atomic mass is 10.1. The van der Waals surface area contributed by atoms with Crippen LogP contribution in [0.5, 0.6) is 0 Å². The summed E-state index contributed by atoms with van der Waals surface area (Å²) in [5, 5.41) is 8.93. The molecule has 3 heterocycles. The third-order valence-electron chi connectivity index (χ3n) is 3.91. The van der Waals surface area contributed by atoms with Crippen molar-refractivity contribution in [1.29, 1.82) is 0 Å². The molecule has 3 aromatic rings. The van der Waals surface area contributed by atoms with Crippen LogP contribution in [0.25, 0.3) is 16.9 Å². The highest BCUT2D eigenvalue weighted by Gasteiger charge is 2.12. The molecule has 132 valence electrons. The van der Waals surface area contributed by atoms with Crippen molar-refractivity contribution in [1.82, 2.24) is 24.5 Å². The minimum Gasteiger partial charge on any atom is -0.360 e. The number of nitrogens with zero attached hydrogens (tertiary/aromatic N) is 5. The summed E-state index contributed by atoms with van der Waals surface area (Å²) in [6.07, 6.45) is 7.57. The Hall–Kier alpha value is -2.25. The highest BCUT2D eigenvalue weighted by molar-refractivity contribution is 6.76. The first-order valence-electron chi connectivity index (χ1n) is 8.50. The molecule has 0 amide bonds. The van der Waals surface area contributed by atoms with E-state index in [1.807, 2.05) is 43.8 Å². The number of pyridine rings is 1. The third-order valence-corrected chi connectivity index (χ3v) is 5.61. The van der Waals surface area contributed by atoms with E-state index in [4.69, 9.17) is 4.74 Å². The van der Waals surface area contributed by atoms with Crippen molar-refractivity contribution in [3.05, 3.63) is 48.7 Å². The molecule has 0 aliphatic heterocycles. The number of hydrogen-bond acceptors (Lipinski definition) is 4. The second-order valence-electron chi connectivity index (χ2n) is 7.42. The summed E-state index contributed by atoms with van der Waals surface area (Å²) in [4.78, 5) is 4.33. The van der Waals surface area contributed by atoms with E-state index >= 15 is 0 Å². The molecule has 0 N–H and O–H groups in total. The van der Waals surface area contributed by atoms with Gasteiger partial charge in [0.05, 0.1) is 6.20 Å². The van der Waals surface area contributed by atoms with Crippen LogP contribution in [0, 0.1) is 6.92 Å². The molecular weight excluding hydrogens is 330 g/mol. The van der Waals surface area contributed by atoms with E-state index < -0.39 is 8.07 Å². The molecule has 0 radical (unpaired) electrons. The van der Waals surface area contributed by atoms with Crippen LogP contribution in [0.3, 0.4) is 0 Å². The summed E-state index contributed by atoms with van der Waals surface area (Å²) < 4.78 is 9.30. The average molecular weight is 356 g/mol. The maximum Gasteiger partial charge on any atom is 0.175 e. The van der Waals surface area contributed by atoms with Gasteiger partial charge in [-0.15, -0.1) is 0 Å². The summed E-state index contributed by atoms with van der Waals surface area (Å²) in [5.41, 5.74) is 3.07. The van der Waals surface area contributed by atoms with Crippen LogP contribution < -0.4 is 0 Å². The van der Waals surface area contributed by atoms with Gasteiger partial charge in [-0.25, -0.2) is 9.36 Å². The molecule has 0 bridgehead atoms. The van der Waals surface area contributed by atoms with Gasteiger partial charge in [-0.3, -0.25) is 4.98 Å². The van der Waals surface area contributed by atoms with Gasteiger partial charge in [-0.05, 0) is 19.0 Å². The lowest BCUT2D eigenvalue weighted by Crippen LogP contribution is -2.22. The van der Waals surface area contributed by atoms with Crippen molar-refractivity contribution in [2.24, 2.45) is 0 Å². The van der Waals surface area contributed by atoms with Gasteiger partial charge >= 0.3 is 0 Å². The Morgan fingerprint density at radius 3 is 2.64 bits per heavy atom. The molecule has 0 aliphatic rings. The Labute approximate surface area is 149 Å². The fourth-order valence-electron chi connectivity index (χ4n) is 2.32. The molecule has 7 heteroatoms. The average Bonchev–Trinajstić information content (AvgIpc) is 3.20. The summed E-state index contributed by atoms with van der Waals surface area (Å²) in [7, 11) is -1.05. The van der Waals surface area contributed by atoms with Gasteiger partial charge in [0.2, 0.25) is 0 Å². The molecule has 3 aromatic heterocycles. The lowest BCUT2D eigenvalue weighted by Gasteiger charge is -2.15. The number of aryl methyl sites for hydroxylation is 1. The van der Waals surface area contributed by atoms with E-state index in [1.54, 1.807) is 9.36 Å². The first-order valence-corrected chi connectivity index (χ1v) is 12.2. The first-order chi connectivity index (χ1) is 11.9. The second kappa shape index (κ2) is 7.33. The fourth-order valence-corrected chi connectivity index (χ4v) is 3.07. The molecule has 0 saturated carbocycles. The molecule has 0 unspecified atom stereocenters. The van der Waals surface area contributed by atoms with E-state index in [-0.39, 0.29) is 0 Å². The SMILES string of the molecule is Cc1ccc(-c2cnn(-c3ccn(COCC[Si](C)(C)C)n3)c2)cn1. The number of ether oxygens (including phenoxy) is 1. The Balaban J connectivity index is 1.62. The Morgan fingerprint density at radius 1 is 1.08 bits per heavy atom. The van der Waals surface area contributed by atoms with Crippen LogP contribution in [-0.4, -0.2) is 39.2 Å². The van der Waals surface area contributed by atoms with E-state index in [2.05, 4.69) is 40.9 Å². The van der Waals surface area contributed by atoms with Crippen molar-refractivity contribution < 1.29 is 4.74 Å². The minimum atomic E-state index is -1.05. The highest BCUT2D eigenvalue weighted by atomic mass is 28.3. The van der Waals surface area contributed by atoms with Gasteiger partial charge in [0.15, 0.2) is 5.82 Å². The van der Waals surface area contributed by atoms with Gasteiger partial charge in [0, 0.05) is 56.2 Å². The third kappa shape index (κ3) is 4.87. The summed E-state index contributed by atoms with van der Waals surface area (Å²) >= 11 is 0. The van der Waals surface area contributed by atoms with Gasteiger partial charge < -0.3 is 4.74 Å². The zero-order valence-corrected chi connectivity index (χ0v) is 16.3. The zero-order chi connectivity index (χ0) is 17.9. The van der Waals surface area contributed by atoms with Crippen LogP contribution in [0.15, 0.2) is 43.0 Å². The monoisotopic (exact) mass is 355 g/mol. The maximum absolute atomic E-state index is 5.73. The molecule has 0 atom stereocenters. The largest absolute Gasteiger partial charge is 0.360 e. The molecule has 6 nitrogen and oxygen atoms in total. The van der Waals surface area contributed by atoms with Gasteiger partial charge in [-0.1, -0.05) is 25.7 Å². The molecule has 0 saturated heterocycles. The first kappa shape index (κ1) is 17.6. The van der Waals surface area contributed by atoms with Gasteiger partial charge in [0.1, 0.15) is 6.73 Å². The fraction of sp³-hybridized carbons (Fsp3) is 0.389. The Bertz CT molecular complexity index is 817. The summed E-state index contributed by atoms with van der Waals surface area (Å²) in [6.45, 7) is 10.3. The maximum atomic E-state index is 5.73. The molecule has 0 fully saturated rings. The van der Waals surface area contributed by atoms with Crippen molar-refractivity contribution in [3.8, 4) is 16.9 Å². The highest BCUT2D eigenvalue weighted by Crippen LogP contribution is 2.19.